The largest absolute Gasteiger partial charge is 0.260 e. The summed E-state index contributed by atoms with van der Waals surface area (Å²) >= 11 is 0. The normalized spacial score (nSPS) is 14.7. The first-order valence-corrected chi connectivity index (χ1v) is 7.41. The molecule has 1 heteroatoms. The number of nitrogens with zero attached hydrogens (tertiary/aromatic N) is 1. The number of hydrogen-bond acceptors (Lipinski definition) is 1. The van der Waals surface area contributed by atoms with Crippen LogP contribution in [-0.4, -0.2) is 5.71 Å². The second-order valence-electron chi connectivity index (χ2n) is 5.56. The SMILES string of the molecule is C=C(C)C1=NC=C(/C(=C/CC)C(=C)c2cccc(C)c2)C1. The van der Waals surface area contributed by atoms with Crippen LogP contribution >= 0.6 is 0 Å². The zero-order chi connectivity index (χ0) is 15.4. The predicted molar refractivity (Wildman–Crippen MR) is 93.5 cm³/mol. The van der Waals surface area contributed by atoms with Crippen LogP contribution in [0.2, 0.25) is 0 Å². The minimum absolute atomic E-state index is 0.853. The highest BCUT2D eigenvalue weighted by Gasteiger charge is 2.17. The Bertz CT molecular complexity index is 669. The fourth-order valence-corrected chi connectivity index (χ4v) is 2.49. The summed E-state index contributed by atoms with van der Waals surface area (Å²) in [5.74, 6) is 0. The van der Waals surface area contributed by atoms with E-state index in [1.54, 1.807) is 0 Å². The fraction of sp³-hybridized carbons (Fsp3) is 0.250. The zero-order valence-electron chi connectivity index (χ0n) is 13.2. The molecule has 2 rings (SSSR count). The first-order chi connectivity index (χ1) is 10.0. The number of hydrogen-bond donors (Lipinski definition) is 0. The third kappa shape index (κ3) is 3.49. The minimum Gasteiger partial charge on any atom is -0.260 e. The van der Waals surface area contributed by atoms with E-state index in [2.05, 4.69) is 62.3 Å². The lowest BCUT2D eigenvalue weighted by molar-refractivity contribution is 1.19. The van der Waals surface area contributed by atoms with Crippen molar-refractivity contribution < 1.29 is 0 Å². The van der Waals surface area contributed by atoms with Gasteiger partial charge in [0.25, 0.3) is 0 Å². The molecule has 0 fully saturated rings. The first kappa shape index (κ1) is 15.2. The summed E-state index contributed by atoms with van der Waals surface area (Å²) in [7, 11) is 0. The highest BCUT2D eigenvalue weighted by molar-refractivity contribution is 6.04. The highest BCUT2D eigenvalue weighted by atomic mass is 14.7. The maximum atomic E-state index is 4.49. The van der Waals surface area contributed by atoms with Crippen LogP contribution in [0, 0.1) is 6.92 Å². The van der Waals surface area contributed by atoms with Gasteiger partial charge in [-0.25, -0.2) is 0 Å². The zero-order valence-corrected chi connectivity index (χ0v) is 13.2. The molecule has 0 bridgehead atoms. The molecule has 1 aromatic rings. The van der Waals surface area contributed by atoms with Crippen molar-refractivity contribution in [2.45, 2.75) is 33.6 Å². The van der Waals surface area contributed by atoms with Crippen LogP contribution in [0.15, 0.2) is 71.4 Å². The lowest BCUT2D eigenvalue weighted by atomic mass is 9.90. The second-order valence-corrected chi connectivity index (χ2v) is 5.56. The van der Waals surface area contributed by atoms with Gasteiger partial charge < -0.3 is 0 Å². The molecule has 0 atom stereocenters. The summed E-state index contributed by atoms with van der Waals surface area (Å²) in [6.45, 7) is 14.6. The molecular formula is C20H23N. The Kier molecular flexibility index (Phi) is 4.74. The first-order valence-electron chi connectivity index (χ1n) is 7.41. The molecule has 1 aliphatic heterocycles. The Hall–Kier alpha value is -2.15. The fourth-order valence-electron chi connectivity index (χ4n) is 2.49. The third-order valence-corrected chi connectivity index (χ3v) is 3.67. The summed E-state index contributed by atoms with van der Waals surface area (Å²) < 4.78 is 0. The van der Waals surface area contributed by atoms with Crippen LogP contribution in [0.5, 0.6) is 0 Å². The molecule has 1 nitrogen and oxygen atoms in total. The Labute approximate surface area is 128 Å². The van der Waals surface area contributed by atoms with Crippen LogP contribution in [0.1, 0.15) is 37.8 Å². The number of allylic oxidation sites excluding steroid dienone is 5. The summed E-state index contributed by atoms with van der Waals surface area (Å²) in [6, 6.07) is 8.49. The number of benzene rings is 1. The molecule has 0 aliphatic carbocycles. The Morgan fingerprint density at radius 2 is 2.10 bits per heavy atom. The average molecular weight is 277 g/mol. The lowest BCUT2D eigenvalue weighted by Crippen LogP contribution is -1.99. The number of aliphatic imine (C=N–C) groups is 1. The van der Waals surface area contributed by atoms with Crippen molar-refractivity contribution in [3.8, 4) is 0 Å². The molecule has 1 aromatic carbocycles. The topological polar surface area (TPSA) is 12.4 Å². The molecule has 0 radical (unpaired) electrons. The van der Waals surface area contributed by atoms with Gasteiger partial charge in [0, 0.05) is 18.3 Å². The molecule has 1 aliphatic rings. The summed E-state index contributed by atoms with van der Waals surface area (Å²) in [5, 5.41) is 0. The highest BCUT2D eigenvalue weighted by Crippen LogP contribution is 2.32. The Morgan fingerprint density at radius 3 is 2.67 bits per heavy atom. The smallest absolute Gasteiger partial charge is 0.0471 e. The van der Waals surface area contributed by atoms with Crippen LogP contribution in [-0.2, 0) is 0 Å². The second kappa shape index (κ2) is 6.53. The van der Waals surface area contributed by atoms with Crippen LogP contribution in [0.3, 0.4) is 0 Å². The predicted octanol–water partition coefficient (Wildman–Crippen LogP) is 5.65. The molecule has 1 heterocycles. The number of aryl methyl sites for hydroxylation is 1. The molecule has 108 valence electrons. The van der Waals surface area contributed by atoms with E-state index in [9.17, 15) is 0 Å². The van der Waals surface area contributed by atoms with Crippen molar-refractivity contribution in [1.29, 1.82) is 0 Å². The van der Waals surface area contributed by atoms with Crippen molar-refractivity contribution in [2.75, 3.05) is 0 Å². The van der Waals surface area contributed by atoms with E-state index in [-0.39, 0.29) is 0 Å². The monoisotopic (exact) mass is 277 g/mol. The van der Waals surface area contributed by atoms with E-state index < -0.39 is 0 Å². The van der Waals surface area contributed by atoms with E-state index in [4.69, 9.17) is 0 Å². The van der Waals surface area contributed by atoms with Crippen molar-refractivity contribution >= 4 is 11.3 Å². The lowest BCUT2D eigenvalue weighted by Gasteiger charge is -2.13. The molecular weight excluding hydrogens is 254 g/mol. The van der Waals surface area contributed by atoms with E-state index in [0.717, 1.165) is 29.7 Å². The van der Waals surface area contributed by atoms with Crippen molar-refractivity contribution in [2.24, 2.45) is 4.99 Å². The number of rotatable bonds is 5. The van der Waals surface area contributed by atoms with Gasteiger partial charge in [0.15, 0.2) is 0 Å². The van der Waals surface area contributed by atoms with Crippen LogP contribution in [0.25, 0.3) is 5.57 Å². The van der Waals surface area contributed by atoms with E-state index in [1.807, 2.05) is 13.1 Å². The van der Waals surface area contributed by atoms with Crippen LogP contribution in [0.4, 0.5) is 0 Å². The molecule has 0 amide bonds. The maximum Gasteiger partial charge on any atom is 0.0471 e. The van der Waals surface area contributed by atoms with Gasteiger partial charge in [0.05, 0.1) is 0 Å². The van der Waals surface area contributed by atoms with Gasteiger partial charge in [-0.2, -0.15) is 0 Å². The third-order valence-electron chi connectivity index (χ3n) is 3.67. The summed E-state index contributed by atoms with van der Waals surface area (Å²) in [6.07, 6.45) is 6.05. The quantitative estimate of drug-likeness (QED) is 0.617. The molecule has 0 spiro atoms. The van der Waals surface area contributed by atoms with Gasteiger partial charge in [0.1, 0.15) is 0 Å². The molecule has 0 unspecified atom stereocenters. The van der Waals surface area contributed by atoms with E-state index in [1.165, 1.54) is 22.3 Å². The van der Waals surface area contributed by atoms with Crippen molar-refractivity contribution in [3.63, 3.8) is 0 Å². The van der Waals surface area contributed by atoms with Gasteiger partial charge >= 0.3 is 0 Å². The Balaban J connectivity index is 2.28. The van der Waals surface area contributed by atoms with Gasteiger partial charge in [-0.05, 0) is 48.1 Å². The molecule has 0 N–H and O–H groups in total. The standard InChI is InChI=1S/C20H23N/c1-6-8-19(18-12-20(14(2)3)21-13-18)16(5)17-10-7-9-15(4)11-17/h7-11,13H,2,5-6,12H2,1,3-4H3/b19-8+. The average Bonchev–Trinajstić information content (AvgIpc) is 2.94. The van der Waals surface area contributed by atoms with E-state index >= 15 is 0 Å². The van der Waals surface area contributed by atoms with Crippen molar-refractivity contribution in [3.05, 3.63) is 77.5 Å². The Morgan fingerprint density at radius 1 is 1.33 bits per heavy atom. The van der Waals surface area contributed by atoms with Crippen LogP contribution < -0.4 is 0 Å². The van der Waals surface area contributed by atoms with Gasteiger partial charge in [-0.1, -0.05) is 56.0 Å². The maximum absolute atomic E-state index is 4.49. The molecule has 21 heavy (non-hydrogen) atoms. The van der Waals surface area contributed by atoms with Crippen molar-refractivity contribution in [1.82, 2.24) is 0 Å². The summed E-state index contributed by atoms with van der Waals surface area (Å²) in [4.78, 5) is 4.49. The van der Waals surface area contributed by atoms with Gasteiger partial charge in [-0.3, -0.25) is 4.99 Å². The molecule has 0 aromatic heterocycles. The van der Waals surface area contributed by atoms with Gasteiger partial charge in [-0.15, -0.1) is 0 Å². The molecule has 0 saturated carbocycles. The van der Waals surface area contributed by atoms with E-state index in [0.29, 0.717) is 0 Å². The summed E-state index contributed by atoms with van der Waals surface area (Å²) in [5.41, 5.74) is 8.07. The minimum atomic E-state index is 0.853. The molecule has 0 saturated heterocycles. The van der Waals surface area contributed by atoms with Gasteiger partial charge in [0.2, 0.25) is 0 Å².